The lowest BCUT2D eigenvalue weighted by molar-refractivity contribution is -0.161. The Kier molecular flexibility index (Phi) is 4.43. The normalized spacial score (nSPS) is 20.4. The van der Waals surface area contributed by atoms with Crippen molar-refractivity contribution in [3.8, 4) is 0 Å². The molecule has 0 N–H and O–H groups in total. The maximum absolute atomic E-state index is 11.5. The van der Waals surface area contributed by atoms with Gasteiger partial charge in [-0.2, -0.15) is 0 Å². The first-order valence-corrected chi connectivity index (χ1v) is 5.88. The van der Waals surface area contributed by atoms with Crippen LogP contribution in [-0.4, -0.2) is 11.6 Å². The molecule has 1 aliphatic rings. The van der Waals surface area contributed by atoms with Crippen molar-refractivity contribution in [3.63, 3.8) is 0 Å². The van der Waals surface area contributed by atoms with E-state index in [4.69, 9.17) is 4.74 Å². The van der Waals surface area contributed by atoms with Crippen LogP contribution in [0.4, 0.5) is 0 Å². The molecule has 0 spiro atoms. The first-order chi connectivity index (χ1) is 6.66. The van der Waals surface area contributed by atoms with Crippen molar-refractivity contribution in [2.45, 2.75) is 70.8 Å². The Balaban J connectivity index is 2.29. The molecule has 1 aliphatic carbocycles. The van der Waals surface area contributed by atoms with E-state index in [2.05, 4.69) is 13.8 Å². The third-order valence-corrected chi connectivity index (χ3v) is 3.01. The molecule has 1 rings (SSSR count). The van der Waals surface area contributed by atoms with Crippen LogP contribution in [-0.2, 0) is 9.53 Å². The summed E-state index contributed by atoms with van der Waals surface area (Å²) in [6, 6.07) is 0. The second kappa shape index (κ2) is 5.38. The Hall–Kier alpha value is -0.530. The van der Waals surface area contributed by atoms with Crippen LogP contribution < -0.4 is 0 Å². The van der Waals surface area contributed by atoms with Crippen LogP contribution in [0.25, 0.3) is 0 Å². The van der Waals surface area contributed by atoms with Crippen molar-refractivity contribution >= 4 is 5.97 Å². The number of unbranched alkanes of at least 4 members (excludes halogenated alkanes) is 1. The minimum Gasteiger partial charge on any atom is -0.459 e. The van der Waals surface area contributed by atoms with Gasteiger partial charge in [-0.3, -0.25) is 4.79 Å². The first kappa shape index (κ1) is 11.5. The fourth-order valence-corrected chi connectivity index (χ4v) is 2.05. The van der Waals surface area contributed by atoms with E-state index in [0.29, 0.717) is 6.42 Å². The van der Waals surface area contributed by atoms with Crippen molar-refractivity contribution in [2.75, 3.05) is 0 Å². The van der Waals surface area contributed by atoms with Crippen LogP contribution in [0.15, 0.2) is 0 Å². The van der Waals surface area contributed by atoms with Gasteiger partial charge < -0.3 is 4.74 Å². The van der Waals surface area contributed by atoms with Crippen molar-refractivity contribution in [2.24, 2.45) is 0 Å². The Bertz CT molecular complexity index is 181. The molecule has 0 bridgehead atoms. The van der Waals surface area contributed by atoms with E-state index in [9.17, 15) is 4.79 Å². The lowest BCUT2D eigenvalue weighted by atomic mass is 9.86. The van der Waals surface area contributed by atoms with Crippen molar-refractivity contribution in [3.05, 3.63) is 0 Å². The Morgan fingerprint density at radius 1 is 1.29 bits per heavy atom. The lowest BCUT2D eigenvalue weighted by Gasteiger charge is -2.33. The molecule has 14 heavy (non-hydrogen) atoms. The summed E-state index contributed by atoms with van der Waals surface area (Å²) >= 11 is 0. The van der Waals surface area contributed by atoms with E-state index in [1.807, 2.05) is 0 Å². The van der Waals surface area contributed by atoms with Gasteiger partial charge in [-0.05, 0) is 39.0 Å². The fraction of sp³-hybridized carbons (Fsp3) is 0.917. The Morgan fingerprint density at radius 2 is 1.93 bits per heavy atom. The van der Waals surface area contributed by atoms with Crippen LogP contribution in [0.1, 0.15) is 65.2 Å². The Labute approximate surface area is 87.0 Å². The second-order valence-corrected chi connectivity index (χ2v) is 4.59. The lowest BCUT2D eigenvalue weighted by Crippen LogP contribution is -2.33. The largest absolute Gasteiger partial charge is 0.459 e. The number of ether oxygens (including phenoxy) is 1. The predicted molar refractivity (Wildman–Crippen MR) is 57.1 cm³/mol. The average Bonchev–Trinajstić information content (AvgIpc) is 2.15. The van der Waals surface area contributed by atoms with E-state index in [1.54, 1.807) is 0 Å². The number of carbonyl (C=O) groups excluding carboxylic acids is 1. The van der Waals surface area contributed by atoms with E-state index in [-0.39, 0.29) is 11.6 Å². The summed E-state index contributed by atoms with van der Waals surface area (Å²) in [5.74, 6) is -0.00347. The number of rotatable bonds is 4. The summed E-state index contributed by atoms with van der Waals surface area (Å²) in [5.41, 5.74) is -0.150. The molecule has 0 radical (unpaired) electrons. The second-order valence-electron chi connectivity index (χ2n) is 4.59. The van der Waals surface area contributed by atoms with E-state index < -0.39 is 0 Å². The van der Waals surface area contributed by atoms with Gasteiger partial charge in [0.2, 0.25) is 0 Å². The highest BCUT2D eigenvalue weighted by Gasteiger charge is 2.30. The molecule has 0 unspecified atom stereocenters. The van der Waals surface area contributed by atoms with E-state index in [0.717, 1.165) is 25.7 Å². The molecule has 0 aromatic carbocycles. The zero-order chi connectivity index (χ0) is 10.4. The van der Waals surface area contributed by atoms with Gasteiger partial charge in [-0.25, -0.2) is 0 Å². The summed E-state index contributed by atoms with van der Waals surface area (Å²) in [7, 11) is 0. The Morgan fingerprint density at radius 3 is 2.50 bits per heavy atom. The maximum atomic E-state index is 11.5. The fourth-order valence-electron chi connectivity index (χ4n) is 2.05. The molecule has 1 saturated carbocycles. The number of carbonyl (C=O) groups is 1. The van der Waals surface area contributed by atoms with Gasteiger partial charge in [-0.15, -0.1) is 0 Å². The zero-order valence-electron chi connectivity index (χ0n) is 9.47. The van der Waals surface area contributed by atoms with Gasteiger partial charge in [0.05, 0.1) is 0 Å². The summed E-state index contributed by atoms with van der Waals surface area (Å²) in [6.07, 6.45) is 8.40. The number of esters is 1. The molecule has 2 nitrogen and oxygen atoms in total. The molecule has 0 heterocycles. The first-order valence-electron chi connectivity index (χ1n) is 5.88. The highest BCUT2D eigenvalue weighted by atomic mass is 16.6. The van der Waals surface area contributed by atoms with Gasteiger partial charge in [0.15, 0.2) is 0 Å². The smallest absolute Gasteiger partial charge is 0.306 e. The quantitative estimate of drug-likeness (QED) is 0.647. The minimum absolute atomic E-state index is 0.00347. The molecule has 0 aliphatic heterocycles. The number of hydrogen-bond acceptors (Lipinski definition) is 2. The minimum atomic E-state index is -0.150. The van der Waals surface area contributed by atoms with Gasteiger partial charge >= 0.3 is 5.97 Å². The van der Waals surface area contributed by atoms with Gasteiger partial charge in [0, 0.05) is 6.42 Å². The molecule has 0 saturated heterocycles. The standard InChI is InChI=1S/C12H22O2/c1-3-4-8-11(13)14-12(2)9-6-5-7-10-12/h3-10H2,1-2H3. The molecule has 0 aromatic heterocycles. The highest BCUT2D eigenvalue weighted by Crippen LogP contribution is 2.31. The highest BCUT2D eigenvalue weighted by molar-refractivity contribution is 5.69. The zero-order valence-corrected chi connectivity index (χ0v) is 9.47. The average molecular weight is 198 g/mol. The van der Waals surface area contributed by atoms with Gasteiger partial charge in [0.25, 0.3) is 0 Å². The van der Waals surface area contributed by atoms with Crippen LogP contribution in [0.2, 0.25) is 0 Å². The summed E-state index contributed by atoms with van der Waals surface area (Å²) in [4.78, 5) is 11.5. The molecule has 2 heteroatoms. The van der Waals surface area contributed by atoms with Crippen LogP contribution in [0, 0.1) is 0 Å². The maximum Gasteiger partial charge on any atom is 0.306 e. The SMILES string of the molecule is CCCCC(=O)OC1(C)CCCCC1. The van der Waals surface area contributed by atoms with Crippen molar-refractivity contribution < 1.29 is 9.53 Å². The predicted octanol–water partition coefficient (Wildman–Crippen LogP) is 3.44. The van der Waals surface area contributed by atoms with Crippen LogP contribution in [0.3, 0.4) is 0 Å². The molecule has 1 fully saturated rings. The molecule has 0 aromatic rings. The number of hydrogen-bond donors (Lipinski definition) is 0. The van der Waals surface area contributed by atoms with Gasteiger partial charge in [-0.1, -0.05) is 19.8 Å². The van der Waals surface area contributed by atoms with E-state index in [1.165, 1.54) is 19.3 Å². The molecule has 0 atom stereocenters. The third-order valence-electron chi connectivity index (χ3n) is 3.01. The monoisotopic (exact) mass is 198 g/mol. The summed E-state index contributed by atoms with van der Waals surface area (Å²) in [6.45, 7) is 4.17. The molecular formula is C12H22O2. The third kappa shape index (κ3) is 3.69. The van der Waals surface area contributed by atoms with Crippen molar-refractivity contribution in [1.29, 1.82) is 0 Å². The van der Waals surface area contributed by atoms with Gasteiger partial charge in [0.1, 0.15) is 5.60 Å². The molecule has 0 amide bonds. The van der Waals surface area contributed by atoms with Crippen molar-refractivity contribution in [1.82, 2.24) is 0 Å². The van der Waals surface area contributed by atoms with Crippen LogP contribution in [0.5, 0.6) is 0 Å². The molecular weight excluding hydrogens is 176 g/mol. The summed E-state index contributed by atoms with van der Waals surface area (Å²) < 4.78 is 5.54. The van der Waals surface area contributed by atoms with E-state index >= 15 is 0 Å². The topological polar surface area (TPSA) is 26.3 Å². The van der Waals surface area contributed by atoms with Crippen LogP contribution >= 0.6 is 0 Å². The summed E-state index contributed by atoms with van der Waals surface area (Å²) in [5, 5.41) is 0. The molecule has 82 valence electrons.